The standard InChI is InChI=1S/C30H28BN5O2/c1-2-22(15-20-9-4-3-5-10-20)30(38)34-23-12-8-11-21(16-23)18-32-28-17-26(24-13-6-7-14-27(24)37)35-29-25(31)19-33-36(28)29/h2-14,16-17,19,22,32,37H,1,15,18,31H2,(H,34,38). The monoisotopic (exact) mass is 501 g/mol. The third kappa shape index (κ3) is 5.44. The largest absolute Gasteiger partial charge is 0.507 e. The second-order valence-corrected chi connectivity index (χ2v) is 9.18. The lowest BCUT2D eigenvalue weighted by molar-refractivity contribution is -0.118. The summed E-state index contributed by atoms with van der Waals surface area (Å²) in [4.78, 5) is 17.7. The van der Waals surface area contributed by atoms with Gasteiger partial charge in [0.05, 0.1) is 11.6 Å². The maximum absolute atomic E-state index is 13.0. The zero-order valence-corrected chi connectivity index (χ0v) is 21.1. The number of phenols is 1. The normalized spacial score (nSPS) is 11.7. The number of carbonyl (C=O) groups is 1. The summed E-state index contributed by atoms with van der Waals surface area (Å²) in [6.45, 7) is 4.36. The van der Waals surface area contributed by atoms with Crippen molar-refractivity contribution in [2.24, 2.45) is 5.92 Å². The van der Waals surface area contributed by atoms with E-state index in [-0.39, 0.29) is 17.6 Å². The number of carbonyl (C=O) groups excluding carboxylic acids is 1. The number of para-hydroxylation sites is 1. The zero-order valence-electron chi connectivity index (χ0n) is 21.1. The fourth-order valence-electron chi connectivity index (χ4n) is 4.36. The van der Waals surface area contributed by atoms with Gasteiger partial charge in [0, 0.05) is 30.1 Å². The highest BCUT2D eigenvalue weighted by molar-refractivity contribution is 6.36. The molecule has 7 nitrogen and oxygen atoms in total. The molecule has 0 bridgehead atoms. The first-order valence-electron chi connectivity index (χ1n) is 12.5. The van der Waals surface area contributed by atoms with E-state index < -0.39 is 0 Å². The number of aromatic hydroxyl groups is 1. The fourth-order valence-corrected chi connectivity index (χ4v) is 4.36. The number of rotatable bonds is 9. The third-order valence-corrected chi connectivity index (χ3v) is 6.42. The van der Waals surface area contributed by atoms with Crippen LogP contribution in [0.15, 0.2) is 104 Å². The maximum atomic E-state index is 13.0. The van der Waals surface area contributed by atoms with Gasteiger partial charge in [-0.25, -0.2) is 4.98 Å². The topological polar surface area (TPSA) is 91.5 Å². The average Bonchev–Trinajstić information content (AvgIpc) is 3.32. The number of nitrogens with zero attached hydrogens (tertiary/aromatic N) is 3. The number of amides is 1. The molecule has 0 aliphatic heterocycles. The summed E-state index contributed by atoms with van der Waals surface area (Å²) in [5.41, 5.74) is 5.74. The highest BCUT2D eigenvalue weighted by Crippen LogP contribution is 2.29. The molecule has 0 radical (unpaired) electrons. The molecule has 0 aliphatic carbocycles. The third-order valence-electron chi connectivity index (χ3n) is 6.42. The minimum absolute atomic E-state index is 0.0934. The van der Waals surface area contributed by atoms with Crippen molar-refractivity contribution in [3.05, 3.63) is 115 Å². The summed E-state index contributed by atoms with van der Waals surface area (Å²) >= 11 is 0. The summed E-state index contributed by atoms with van der Waals surface area (Å²) in [5.74, 6) is 0.482. The summed E-state index contributed by atoms with van der Waals surface area (Å²) in [7, 11) is 1.95. The van der Waals surface area contributed by atoms with Crippen molar-refractivity contribution >= 4 is 36.4 Å². The molecule has 1 unspecified atom stereocenters. The minimum atomic E-state index is -0.333. The van der Waals surface area contributed by atoms with Gasteiger partial charge >= 0.3 is 0 Å². The number of fused-ring (bicyclic) bond motifs is 1. The fraction of sp³-hybridized carbons (Fsp3) is 0.100. The van der Waals surface area contributed by atoms with Gasteiger partial charge in [-0.1, -0.05) is 60.7 Å². The van der Waals surface area contributed by atoms with Crippen molar-refractivity contribution < 1.29 is 9.90 Å². The average molecular weight is 501 g/mol. The van der Waals surface area contributed by atoms with Gasteiger partial charge < -0.3 is 15.7 Å². The number of hydrogen-bond donors (Lipinski definition) is 3. The Kier molecular flexibility index (Phi) is 7.22. The Morgan fingerprint density at radius 2 is 1.79 bits per heavy atom. The first-order chi connectivity index (χ1) is 18.5. The lowest BCUT2D eigenvalue weighted by Crippen LogP contribution is -2.23. The first-order valence-corrected chi connectivity index (χ1v) is 12.5. The number of nitrogens with one attached hydrogen (secondary N) is 2. The van der Waals surface area contributed by atoms with E-state index in [1.807, 2.05) is 80.6 Å². The molecule has 0 aliphatic rings. The summed E-state index contributed by atoms with van der Waals surface area (Å²) in [5, 5.41) is 21.3. The molecule has 2 aromatic heterocycles. The number of aromatic nitrogens is 3. The van der Waals surface area contributed by atoms with E-state index in [1.54, 1.807) is 28.9 Å². The van der Waals surface area contributed by atoms with Crippen molar-refractivity contribution in [2.45, 2.75) is 13.0 Å². The molecule has 38 heavy (non-hydrogen) atoms. The second kappa shape index (κ2) is 11.0. The van der Waals surface area contributed by atoms with Gasteiger partial charge in [-0.3, -0.25) is 4.79 Å². The van der Waals surface area contributed by atoms with E-state index in [1.165, 1.54) is 0 Å². The molecule has 5 rings (SSSR count). The van der Waals surface area contributed by atoms with E-state index in [0.717, 1.165) is 28.1 Å². The Balaban J connectivity index is 1.33. The van der Waals surface area contributed by atoms with Crippen LogP contribution >= 0.6 is 0 Å². The Morgan fingerprint density at radius 3 is 2.58 bits per heavy atom. The van der Waals surface area contributed by atoms with Crippen molar-refractivity contribution in [1.82, 2.24) is 14.6 Å². The maximum Gasteiger partial charge on any atom is 0.231 e. The first kappa shape index (κ1) is 24.8. The van der Waals surface area contributed by atoms with Crippen LogP contribution in [-0.2, 0) is 17.8 Å². The van der Waals surface area contributed by atoms with Crippen LogP contribution in [0.4, 0.5) is 11.5 Å². The lowest BCUT2D eigenvalue weighted by atomic mass is 9.98. The quantitative estimate of drug-likeness (QED) is 0.210. The number of benzene rings is 3. The van der Waals surface area contributed by atoms with Crippen LogP contribution in [0.5, 0.6) is 5.75 Å². The molecular weight excluding hydrogens is 473 g/mol. The lowest BCUT2D eigenvalue weighted by Gasteiger charge is -2.15. The van der Waals surface area contributed by atoms with Crippen LogP contribution in [0.2, 0.25) is 0 Å². The van der Waals surface area contributed by atoms with Crippen LogP contribution in [0.1, 0.15) is 11.1 Å². The summed E-state index contributed by atoms with van der Waals surface area (Å²) in [6, 6.07) is 26.7. The van der Waals surface area contributed by atoms with Gasteiger partial charge in [0.1, 0.15) is 19.4 Å². The predicted octanol–water partition coefficient (Wildman–Crippen LogP) is 3.96. The number of hydrogen-bond acceptors (Lipinski definition) is 5. The van der Waals surface area contributed by atoms with Crippen LogP contribution in [0.3, 0.4) is 0 Å². The van der Waals surface area contributed by atoms with Gasteiger partial charge in [0.25, 0.3) is 0 Å². The second-order valence-electron chi connectivity index (χ2n) is 9.18. The van der Waals surface area contributed by atoms with Crippen LogP contribution in [0.25, 0.3) is 16.9 Å². The molecule has 0 saturated carbocycles. The molecule has 3 aromatic carbocycles. The van der Waals surface area contributed by atoms with Gasteiger partial charge in [-0.05, 0) is 47.3 Å². The Labute approximate surface area is 222 Å². The van der Waals surface area contributed by atoms with Crippen LogP contribution in [-0.4, -0.2) is 33.5 Å². The zero-order chi connectivity index (χ0) is 26.5. The molecule has 188 valence electrons. The molecule has 0 fully saturated rings. The predicted molar refractivity (Wildman–Crippen MR) is 154 cm³/mol. The smallest absolute Gasteiger partial charge is 0.231 e. The Hall–Kier alpha value is -4.85. The molecule has 5 aromatic rings. The Bertz CT molecular complexity index is 1600. The molecule has 8 heteroatoms. The molecular formula is C30H28BN5O2. The molecule has 1 atom stereocenters. The number of phenolic OH excluding ortho intramolecular Hbond substituents is 1. The molecule has 1 amide bonds. The van der Waals surface area contributed by atoms with Gasteiger partial charge in [-0.2, -0.15) is 9.61 Å². The summed E-state index contributed by atoms with van der Waals surface area (Å²) < 4.78 is 1.75. The van der Waals surface area contributed by atoms with E-state index >= 15 is 0 Å². The minimum Gasteiger partial charge on any atom is -0.507 e. The van der Waals surface area contributed by atoms with Crippen molar-refractivity contribution in [3.8, 4) is 17.0 Å². The van der Waals surface area contributed by atoms with E-state index in [9.17, 15) is 9.90 Å². The van der Waals surface area contributed by atoms with Crippen molar-refractivity contribution in [2.75, 3.05) is 10.6 Å². The summed E-state index contributed by atoms with van der Waals surface area (Å²) in [6.07, 6.45) is 4.05. The van der Waals surface area contributed by atoms with E-state index in [4.69, 9.17) is 4.98 Å². The molecule has 2 heterocycles. The Morgan fingerprint density at radius 1 is 1.03 bits per heavy atom. The van der Waals surface area contributed by atoms with E-state index in [2.05, 4.69) is 22.3 Å². The van der Waals surface area contributed by atoms with Crippen LogP contribution < -0.4 is 16.1 Å². The van der Waals surface area contributed by atoms with Gasteiger partial charge in [-0.15, -0.1) is 6.58 Å². The van der Waals surface area contributed by atoms with Gasteiger partial charge in [0.2, 0.25) is 5.91 Å². The highest BCUT2D eigenvalue weighted by Gasteiger charge is 2.16. The highest BCUT2D eigenvalue weighted by atomic mass is 16.3. The van der Waals surface area contributed by atoms with E-state index in [0.29, 0.717) is 29.9 Å². The van der Waals surface area contributed by atoms with Gasteiger partial charge in [0.15, 0.2) is 5.65 Å². The number of anilines is 2. The van der Waals surface area contributed by atoms with Crippen LogP contribution in [0, 0.1) is 5.92 Å². The molecule has 0 saturated heterocycles. The van der Waals surface area contributed by atoms with Crippen molar-refractivity contribution in [1.29, 1.82) is 0 Å². The molecule has 0 spiro atoms. The SMILES string of the molecule is Bc1cnn2c(NCc3cccc(NC(=O)C(C=C)Cc4ccccc4)c3)cc(-c3ccccc3O)nc12. The molecule has 3 N–H and O–H groups in total. The van der Waals surface area contributed by atoms with Crippen molar-refractivity contribution in [3.63, 3.8) is 0 Å².